The number of hydrogen-bond acceptors (Lipinski definition) is 5. The topological polar surface area (TPSA) is 50.2 Å². The molecule has 0 saturated carbocycles. The molecule has 3 rings (SSSR count). The highest BCUT2D eigenvalue weighted by molar-refractivity contribution is 8.14. The van der Waals surface area contributed by atoms with Crippen LogP contribution in [0.15, 0.2) is 46.4 Å². The summed E-state index contributed by atoms with van der Waals surface area (Å²) < 4.78 is 0. The van der Waals surface area contributed by atoms with E-state index >= 15 is 0 Å². The van der Waals surface area contributed by atoms with Crippen molar-refractivity contribution in [2.24, 2.45) is 4.99 Å². The van der Waals surface area contributed by atoms with Crippen LogP contribution in [0.2, 0.25) is 0 Å². The van der Waals surface area contributed by atoms with Gasteiger partial charge >= 0.3 is 0 Å². The van der Waals surface area contributed by atoms with E-state index in [0.717, 1.165) is 53.1 Å². The Morgan fingerprint density at radius 1 is 1.31 bits per heavy atom. The molecule has 1 aliphatic heterocycles. The minimum Gasteiger partial charge on any atom is -0.368 e. The summed E-state index contributed by atoms with van der Waals surface area (Å²) >= 11 is 1.70. The van der Waals surface area contributed by atoms with Crippen molar-refractivity contribution in [3.05, 3.63) is 47.7 Å². The molecule has 2 aromatic rings. The van der Waals surface area contributed by atoms with Crippen LogP contribution in [-0.2, 0) is 0 Å². The smallest absolute Gasteiger partial charge is 0.155 e. The fourth-order valence-electron chi connectivity index (χ4n) is 3.46. The zero-order valence-corrected chi connectivity index (χ0v) is 19.0. The Bertz CT molecular complexity index is 904. The minimum atomic E-state index is 0.410. The van der Waals surface area contributed by atoms with Gasteiger partial charge in [-0.15, -0.1) is 0 Å². The molecular formula is C24H32N4S. The third-order valence-corrected chi connectivity index (χ3v) is 6.40. The maximum absolute atomic E-state index is 4.94. The molecule has 0 amide bonds. The standard InChI is InChI=1S/C24H32N4S/c1-6-9-18(5)25-21-10-8-11-22(27-21)28-23-15-12-17(4)19-13-14-20(16(3)7-2)26-24(19)29-23/h7-8,10-11,13-14,17-18H,6,9,12,15H2,1-5H3,(H,25,27). The number of pyridine rings is 2. The number of rotatable bonds is 6. The first-order chi connectivity index (χ1) is 14.0. The van der Waals surface area contributed by atoms with E-state index in [4.69, 9.17) is 15.0 Å². The first-order valence-electron chi connectivity index (χ1n) is 10.6. The molecule has 2 aromatic heterocycles. The molecule has 29 heavy (non-hydrogen) atoms. The molecule has 0 spiro atoms. The second-order valence-electron chi connectivity index (χ2n) is 7.82. The number of aromatic nitrogens is 2. The fourth-order valence-corrected chi connectivity index (χ4v) is 4.58. The van der Waals surface area contributed by atoms with Gasteiger partial charge in [0, 0.05) is 6.04 Å². The Balaban J connectivity index is 1.86. The monoisotopic (exact) mass is 408 g/mol. The summed E-state index contributed by atoms with van der Waals surface area (Å²) in [5.41, 5.74) is 3.57. The maximum atomic E-state index is 4.94. The van der Waals surface area contributed by atoms with Gasteiger partial charge in [-0.3, -0.25) is 0 Å². The zero-order valence-electron chi connectivity index (χ0n) is 18.2. The Labute approximate surface area is 179 Å². The summed E-state index contributed by atoms with van der Waals surface area (Å²) in [6.07, 6.45) is 6.42. The normalized spacial score (nSPS) is 19.6. The molecule has 0 fully saturated rings. The van der Waals surface area contributed by atoms with Crippen molar-refractivity contribution >= 4 is 34.0 Å². The van der Waals surface area contributed by atoms with Crippen LogP contribution < -0.4 is 5.32 Å². The third-order valence-electron chi connectivity index (χ3n) is 5.35. The molecule has 2 unspecified atom stereocenters. The number of thioether (sulfide) groups is 1. The molecular weight excluding hydrogens is 376 g/mol. The van der Waals surface area contributed by atoms with E-state index in [-0.39, 0.29) is 0 Å². The number of allylic oxidation sites excluding steroid dienone is 2. The van der Waals surface area contributed by atoms with E-state index in [0.29, 0.717) is 12.0 Å². The van der Waals surface area contributed by atoms with Crippen molar-refractivity contribution in [2.75, 3.05) is 5.32 Å². The predicted molar refractivity (Wildman–Crippen MR) is 126 cm³/mol. The van der Waals surface area contributed by atoms with Crippen molar-refractivity contribution in [1.29, 1.82) is 0 Å². The Morgan fingerprint density at radius 3 is 2.90 bits per heavy atom. The molecule has 4 nitrogen and oxygen atoms in total. The minimum absolute atomic E-state index is 0.410. The van der Waals surface area contributed by atoms with Gasteiger partial charge in [0.1, 0.15) is 10.8 Å². The van der Waals surface area contributed by atoms with Crippen molar-refractivity contribution in [2.45, 2.75) is 77.3 Å². The Kier molecular flexibility index (Phi) is 7.48. The third kappa shape index (κ3) is 5.69. The van der Waals surface area contributed by atoms with Gasteiger partial charge in [-0.25, -0.2) is 15.0 Å². The van der Waals surface area contributed by atoms with Crippen LogP contribution in [0.5, 0.6) is 0 Å². The SMILES string of the molecule is CC=C(C)c1ccc2c(n1)SC(=Nc1cccc(NC(C)CCC)n1)CCC2C. The average molecular weight is 409 g/mol. The van der Waals surface area contributed by atoms with Gasteiger partial charge < -0.3 is 5.32 Å². The van der Waals surface area contributed by atoms with Crippen LogP contribution in [-0.4, -0.2) is 21.1 Å². The van der Waals surface area contributed by atoms with E-state index in [9.17, 15) is 0 Å². The molecule has 1 aliphatic rings. The summed E-state index contributed by atoms with van der Waals surface area (Å²) in [6.45, 7) is 10.8. The second-order valence-corrected chi connectivity index (χ2v) is 8.89. The predicted octanol–water partition coefficient (Wildman–Crippen LogP) is 7.22. The lowest BCUT2D eigenvalue weighted by Gasteiger charge is -2.13. The maximum Gasteiger partial charge on any atom is 0.155 e. The van der Waals surface area contributed by atoms with E-state index in [1.54, 1.807) is 11.8 Å². The highest BCUT2D eigenvalue weighted by atomic mass is 32.2. The number of anilines is 1. The van der Waals surface area contributed by atoms with Gasteiger partial charge in [0.15, 0.2) is 5.82 Å². The summed E-state index contributed by atoms with van der Waals surface area (Å²) in [6, 6.07) is 10.8. The number of fused-ring (bicyclic) bond motifs is 1. The molecule has 0 aliphatic carbocycles. The highest BCUT2D eigenvalue weighted by Gasteiger charge is 2.21. The van der Waals surface area contributed by atoms with Gasteiger partial charge in [-0.05, 0) is 75.3 Å². The molecule has 3 heterocycles. The van der Waals surface area contributed by atoms with E-state index in [1.807, 2.05) is 18.2 Å². The Hall–Kier alpha value is -2.14. The molecule has 154 valence electrons. The largest absolute Gasteiger partial charge is 0.368 e. The van der Waals surface area contributed by atoms with Gasteiger partial charge in [-0.1, -0.05) is 50.2 Å². The molecule has 0 aromatic carbocycles. The van der Waals surface area contributed by atoms with Crippen LogP contribution in [0.4, 0.5) is 11.6 Å². The van der Waals surface area contributed by atoms with Crippen LogP contribution in [0.1, 0.15) is 77.5 Å². The fraction of sp³-hybridized carbons (Fsp3) is 0.458. The van der Waals surface area contributed by atoms with Crippen molar-refractivity contribution < 1.29 is 0 Å². The van der Waals surface area contributed by atoms with Gasteiger partial charge in [0.25, 0.3) is 0 Å². The zero-order chi connectivity index (χ0) is 20.8. The second kappa shape index (κ2) is 10.1. The van der Waals surface area contributed by atoms with E-state index < -0.39 is 0 Å². The van der Waals surface area contributed by atoms with Crippen LogP contribution in [0.25, 0.3) is 5.57 Å². The Morgan fingerprint density at radius 2 is 2.14 bits per heavy atom. The molecule has 0 saturated heterocycles. The van der Waals surface area contributed by atoms with Crippen molar-refractivity contribution in [1.82, 2.24) is 9.97 Å². The number of nitrogens with one attached hydrogen (secondary N) is 1. The van der Waals surface area contributed by atoms with Crippen LogP contribution in [0, 0.1) is 0 Å². The number of aliphatic imine (C=N–C) groups is 1. The average Bonchev–Trinajstić information content (AvgIpc) is 2.86. The lowest BCUT2D eigenvalue weighted by molar-refractivity contribution is 0.687. The molecule has 0 radical (unpaired) electrons. The number of hydrogen-bond donors (Lipinski definition) is 1. The summed E-state index contributed by atoms with van der Waals surface area (Å²) in [5.74, 6) is 2.14. The first-order valence-corrected chi connectivity index (χ1v) is 11.4. The van der Waals surface area contributed by atoms with Gasteiger partial charge in [0.2, 0.25) is 0 Å². The van der Waals surface area contributed by atoms with E-state index in [1.165, 1.54) is 11.1 Å². The highest BCUT2D eigenvalue weighted by Crippen LogP contribution is 2.37. The summed E-state index contributed by atoms with van der Waals surface area (Å²) in [5, 5.41) is 5.65. The van der Waals surface area contributed by atoms with E-state index in [2.05, 4.69) is 58.1 Å². The van der Waals surface area contributed by atoms with Crippen LogP contribution >= 0.6 is 11.8 Å². The number of nitrogens with zero attached hydrogens (tertiary/aromatic N) is 3. The molecule has 2 atom stereocenters. The molecule has 1 N–H and O–H groups in total. The lowest BCUT2D eigenvalue weighted by Crippen LogP contribution is -2.15. The molecule has 0 bridgehead atoms. The van der Waals surface area contributed by atoms with Gasteiger partial charge in [0.05, 0.1) is 10.7 Å². The van der Waals surface area contributed by atoms with Crippen molar-refractivity contribution in [3.63, 3.8) is 0 Å². The van der Waals surface area contributed by atoms with Crippen molar-refractivity contribution in [3.8, 4) is 0 Å². The quantitative estimate of drug-likeness (QED) is 0.548. The van der Waals surface area contributed by atoms with Crippen LogP contribution in [0.3, 0.4) is 0 Å². The first kappa shape index (κ1) is 21.6. The lowest BCUT2D eigenvalue weighted by atomic mass is 9.97. The summed E-state index contributed by atoms with van der Waals surface area (Å²) in [4.78, 5) is 14.6. The summed E-state index contributed by atoms with van der Waals surface area (Å²) in [7, 11) is 0. The van der Waals surface area contributed by atoms with Gasteiger partial charge in [-0.2, -0.15) is 0 Å². The molecule has 5 heteroatoms.